The first-order chi connectivity index (χ1) is 12.1. The highest BCUT2D eigenvalue weighted by atomic mass is 35.5. The van der Waals surface area contributed by atoms with Gasteiger partial charge in [0.1, 0.15) is 5.78 Å². The number of rotatable bonds is 2. The first-order valence-electron chi connectivity index (χ1n) is 8.41. The summed E-state index contributed by atoms with van der Waals surface area (Å²) in [4.78, 5) is 22.8. The minimum atomic E-state index is 0.315. The molecular weight excluding hydrogens is 334 g/mol. The lowest BCUT2D eigenvalue weighted by Crippen LogP contribution is -2.34. The summed E-state index contributed by atoms with van der Waals surface area (Å²) in [7, 11) is 0. The van der Waals surface area contributed by atoms with Gasteiger partial charge in [0.25, 0.3) is 0 Å². The first-order valence-corrected chi connectivity index (χ1v) is 8.78. The molecule has 4 nitrogen and oxygen atoms in total. The monoisotopic (exact) mass is 351 g/mol. The maximum Gasteiger partial charge on any atom is 0.136 e. The Morgan fingerprint density at radius 1 is 1.12 bits per heavy atom. The van der Waals surface area contributed by atoms with Crippen LogP contribution in [0.1, 0.15) is 18.5 Å². The lowest BCUT2D eigenvalue weighted by molar-refractivity contribution is -0.119. The van der Waals surface area contributed by atoms with Crippen molar-refractivity contribution in [2.24, 2.45) is 0 Å². The van der Waals surface area contributed by atoms with Crippen LogP contribution in [0.5, 0.6) is 0 Å². The number of piperidine rings is 1. The highest BCUT2D eigenvalue weighted by Gasteiger charge is 2.21. The minimum absolute atomic E-state index is 0.315. The second-order valence-corrected chi connectivity index (χ2v) is 6.78. The molecule has 4 rings (SSSR count). The summed E-state index contributed by atoms with van der Waals surface area (Å²) in [6.07, 6.45) is 2.83. The number of ketones is 1. The molecule has 1 aliphatic heterocycles. The summed E-state index contributed by atoms with van der Waals surface area (Å²) >= 11 is 6.49. The molecule has 0 amide bonds. The number of aryl methyl sites for hydroxylation is 1. The van der Waals surface area contributed by atoms with Crippen LogP contribution in [-0.4, -0.2) is 28.8 Å². The van der Waals surface area contributed by atoms with E-state index in [1.54, 1.807) is 6.20 Å². The number of carbonyl (C=O) groups is 1. The van der Waals surface area contributed by atoms with Gasteiger partial charge in [-0.05, 0) is 31.2 Å². The van der Waals surface area contributed by atoms with Crippen molar-refractivity contribution in [1.82, 2.24) is 9.97 Å². The van der Waals surface area contributed by atoms with Crippen LogP contribution in [0, 0.1) is 6.92 Å². The lowest BCUT2D eigenvalue weighted by atomic mass is 10.0. The van der Waals surface area contributed by atoms with Crippen molar-refractivity contribution < 1.29 is 4.79 Å². The number of aromatic nitrogens is 2. The molecule has 1 fully saturated rings. The van der Waals surface area contributed by atoms with Gasteiger partial charge in [-0.1, -0.05) is 23.7 Å². The Hall–Kier alpha value is -2.46. The van der Waals surface area contributed by atoms with Crippen LogP contribution in [0.15, 0.2) is 42.6 Å². The van der Waals surface area contributed by atoms with E-state index in [0.29, 0.717) is 36.7 Å². The molecule has 3 heterocycles. The fourth-order valence-electron chi connectivity index (χ4n) is 3.32. The van der Waals surface area contributed by atoms with Crippen LogP contribution in [0.2, 0.25) is 5.02 Å². The van der Waals surface area contributed by atoms with E-state index in [1.165, 1.54) is 0 Å². The molecule has 1 aliphatic rings. The molecule has 0 N–H and O–H groups in total. The molecule has 0 atom stereocenters. The number of carbonyl (C=O) groups excluding carboxylic acids is 1. The van der Waals surface area contributed by atoms with Crippen LogP contribution in [0.4, 0.5) is 5.69 Å². The third-order valence-corrected chi connectivity index (χ3v) is 4.89. The van der Waals surface area contributed by atoms with Gasteiger partial charge in [0, 0.05) is 48.8 Å². The fraction of sp³-hybridized carbons (Fsp3) is 0.250. The van der Waals surface area contributed by atoms with Crippen LogP contribution >= 0.6 is 11.6 Å². The Labute approximate surface area is 151 Å². The quantitative estimate of drug-likeness (QED) is 0.685. The molecule has 1 aromatic carbocycles. The third-order valence-electron chi connectivity index (χ3n) is 4.62. The summed E-state index contributed by atoms with van der Waals surface area (Å²) in [6, 6.07) is 12.1. The zero-order valence-electron chi connectivity index (χ0n) is 14.0. The molecule has 0 aliphatic carbocycles. The average Bonchev–Trinajstić information content (AvgIpc) is 2.62. The second-order valence-electron chi connectivity index (χ2n) is 6.38. The van der Waals surface area contributed by atoms with Crippen LogP contribution in [-0.2, 0) is 4.79 Å². The number of Topliss-reactive ketones (excluding diaryl/α,β-unsaturated/α-hetero) is 1. The Morgan fingerprint density at radius 2 is 1.92 bits per heavy atom. The predicted octanol–water partition coefficient (Wildman–Crippen LogP) is 4.43. The van der Waals surface area contributed by atoms with Crippen molar-refractivity contribution in [3.05, 3.63) is 53.3 Å². The second kappa shape index (κ2) is 6.45. The maximum absolute atomic E-state index is 11.6. The van der Waals surface area contributed by atoms with Crippen LogP contribution in [0.3, 0.4) is 0 Å². The van der Waals surface area contributed by atoms with Crippen molar-refractivity contribution in [2.75, 3.05) is 18.0 Å². The molecular formula is C20H18ClN3O. The highest BCUT2D eigenvalue weighted by molar-refractivity contribution is 6.34. The van der Waals surface area contributed by atoms with Crippen LogP contribution in [0.25, 0.3) is 22.2 Å². The van der Waals surface area contributed by atoms with Gasteiger partial charge in [-0.3, -0.25) is 14.8 Å². The Kier molecular flexibility index (Phi) is 4.14. The average molecular weight is 352 g/mol. The van der Waals surface area contributed by atoms with Gasteiger partial charge in [-0.25, -0.2) is 0 Å². The largest absolute Gasteiger partial charge is 0.369 e. The zero-order valence-corrected chi connectivity index (χ0v) is 14.8. The Bertz CT molecular complexity index is 960. The molecule has 0 radical (unpaired) electrons. The molecule has 3 aromatic rings. The van der Waals surface area contributed by atoms with Gasteiger partial charge in [0.05, 0.1) is 21.9 Å². The lowest BCUT2D eigenvalue weighted by Gasteiger charge is -2.30. The minimum Gasteiger partial charge on any atom is -0.369 e. The van der Waals surface area contributed by atoms with Gasteiger partial charge >= 0.3 is 0 Å². The standard InChI is InChI=1S/C20H18ClN3O/c1-13-3-2-4-18(23-13)14-5-6-19-16(11-14)20(17(21)12-22-19)24-9-7-15(25)8-10-24/h2-6,11-12H,7-10H2,1H3. The SMILES string of the molecule is Cc1cccc(-c2ccc3ncc(Cl)c(N4CCC(=O)CC4)c3c2)n1. The molecule has 25 heavy (non-hydrogen) atoms. The number of pyridine rings is 2. The van der Waals surface area contributed by atoms with Crippen molar-refractivity contribution >= 4 is 34.0 Å². The highest BCUT2D eigenvalue weighted by Crippen LogP contribution is 2.36. The molecule has 0 unspecified atom stereocenters. The molecule has 2 aromatic heterocycles. The normalized spacial score (nSPS) is 15.0. The fourth-order valence-corrected chi connectivity index (χ4v) is 3.59. The molecule has 0 spiro atoms. The van der Waals surface area contributed by atoms with E-state index in [2.05, 4.69) is 20.9 Å². The van der Waals surface area contributed by atoms with Crippen molar-refractivity contribution in [3.63, 3.8) is 0 Å². The molecule has 5 heteroatoms. The van der Waals surface area contributed by atoms with Gasteiger partial charge in [-0.2, -0.15) is 0 Å². The van der Waals surface area contributed by atoms with E-state index in [1.807, 2.05) is 37.3 Å². The van der Waals surface area contributed by atoms with E-state index in [-0.39, 0.29) is 0 Å². The third kappa shape index (κ3) is 3.10. The van der Waals surface area contributed by atoms with Gasteiger partial charge < -0.3 is 4.90 Å². The summed E-state index contributed by atoms with van der Waals surface area (Å²) < 4.78 is 0. The summed E-state index contributed by atoms with van der Waals surface area (Å²) in [6.45, 7) is 3.38. The summed E-state index contributed by atoms with van der Waals surface area (Å²) in [5.41, 5.74) is 4.81. The predicted molar refractivity (Wildman–Crippen MR) is 101 cm³/mol. The maximum atomic E-state index is 11.6. The molecule has 0 bridgehead atoms. The molecule has 0 saturated carbocycles. The number of benzene rings is 1. The number of anilines is 1. The number of hydrogen-bond acceptors (Lipinski definition) is 4. The summed E-state index contributed by atoms with van der Waals surface area (Å²) in [5.74, 6) is 0.315. The van der Waals surface area contributed by atoms with Crippen molar-refractivity contribution in [1.29, 1.82) is 0 Å². The number of hydrogen-bond donors (Lipinski definition) is 0. The van der Waals surface area contributed by atoms with Gasteiger partial charge in [0.15, 0.2) is 0 Å². The number of nitrogens with zero attached hydrogens (tertiary/aromatic N) is 3. The summed E-state index contributed by atoms with van der Waals surface area (Å²) in [5, 5.41) is 1.62. The number of halogens is 1. The first kappa shape index (κ1) is 16.0. The van der Waals surface area contributed by atoms with E-state index in [4.69, 9.17) is 11.6 Å². The topological polar surface area (TPSA) is 46.1 Å². The van der Waals surface area contributed by atoms with E-state index < -0.39 is 0 Å². The van der Waals surface area contributed by atoms with Crippen molar-refractivity contribution in [2.45, 2.75) is 19.8 Å². The van der Waals surface area contributed by atoms with Gasteiger partial charge in [-0.15, -0.1) is 0 Å². The Balaban J connectivity index is 1.85. The smallest absolute Gasteiger partial charge is 0.136 e. The molecule has 126 valence electrons. The molecule has 1 saturated heterocycles. The number of fused-ring (bicyclic) bond motifs is 1. The Morgan fingerprint density at radius 3 is 2.68 bits per heavy atom. The van der Waals surface area contributed by atoms with Crippen LogP contribution < -0.4 is 4.90 Å². The van der Waals surface area contributed by atoms with Crippen molar-refractivity contribution in [3.8, 4) is 11.3 Å². The zero-order chi connectivity index (χ0) is 17.4. The van der Waals surface area contributed by atoms with E-state index in [0.717, 1.165) is 33.5 Å². The van der Waals surface area contributed by atoms with E-state index >= 15 is 0 Å². The van der Waals surface area contributed by atoms with Gasteiger partial charge in [0.2, 0.25) is 0 Å². The van der Waals surface area contributed by atoms with E-state index in [9.17, 15) is 4.79 Å².